The molecule has 0 unspecified atom stereocenters. The number of sulfone groups is 1. The Morgan fingerprint density at radius 3 is 2.27 bits per heavy atom. The number of urea groups is 1. The number of primary amides is 1. The Balaban J connectivity index is 2.31. The minimum Gasteiger partial charge on any atom is -0.351 e. The maximum absolute atomic E-state index is 12.0. The van der Waals surface area contributed by atoms with Crippen LogP contribution in [-0.4, -0.2) is 20.7 Å². The molecule has 2 N–H and O–H groups in total. The SMILES string of the molecule is CS(=O)(=O)c1ccc2c(c1)N(C(N)=O)c1ccccc1C=C2. The van der Waals surface area contributed by atoms with E-state index in [-0.39, 0.29) is 4.90 Å². The Bertz CT molecular complexity index is 901. The largest absolute Gasteiger partial charge is 0.351 e. The van der Waals surface area contributed by atoms with E-state index in [0.717, 1.165) is 17.4 Å². The van der Waals surface area contributed by atoms with Crippen molar-refractivity contribution >= 4 is 39.4 Å². The van der Waals surface area contributed by atoms with Crippen LogP contribution in [0.15, 0.2) is 47.4 Å². The number of amides is 2. The van der Waals surface area contributed by atoms with E-state index in [1.165, 1.54) is 17.0 Å². The van der Waals surface area contributed by atoms with Crippen LogP contribution < -0.4 is 10.6 Å². The monoisotopic (exact) mass is 314 g/mol. The summed E-state index contributed by atoms with van der Waals surface area (Å²) in [5, 5.41) is 0. The van der Waals surface area contributed by atoms with Crippen LogP contribution in [0.3, 0.4) is 0 Å². The molecule has 6 heteroatoms. The van der Waals surface area contributed by atoms with E-state index in [9.17, 15) is 13.2 Å². The van der Waals surface area contributed by atoms with Crippen molar-refractivity contribution in [3.05, 3.63) is 53.6 Å². The van der Waals surface area contributed by atoms with Gasteiger partial charge in [-0.05, 0) is 29.3 Å². The zero-order valence-corrected chi connectivity index (χ0v) is 12.7. The summed E-state index contributed by atoms with van der Waals surface area (Å²) < 4.78 is 23.5. The van der Waals surface area contributed by atoms with E-state index in [0.29, 0.717) is 11.4 Å². The second-order valence-corrected chi connectivity index (χ2v) is 7.07. The van der Waals surface area contributed by atoms with Gasteiger partial charge >= 0.3 is 6.03 Å². The third-order valence-corrected chi connectivity index (χ3v) is 4.62. The highest BCUT2D eigenvalue weighted by atomic mass is 32.2. The summed E-state index contributed by atoms with van der Waals surface area (Å²) in [6, 6.07) is 11.3. The summed E-state index contributed by atoms with van der Waals surface area (Å²) in [5.41, 5.74) is 8.17. The van der Waals surface area contributed by atoms with Crippen LogP contribution in [0.2, 0.25) is 0 Å². The molecular weight excluding hydrogens is 300 g/mol. The maximum atomic E-state index is 12.0. The molecule has 2 amide bonds. The summed E-state index contributed by atoms with van der Waals surface area (Å²) in [6.45, 7) is 0. The first-order valence-electron chi connectivity index (χ1n) is 6.59. The molecule has 0 aliphatic carbocycles. The zero-order chi connectivity index (χ0) is 15.9. The summed E-state index contributed by atoms with van der Waals surface area (Å²) >= 11 is 0. The van der Waals surface area contributed by atoms with Crippen molar-refractivity contribution in [3.8, 4) is 0 Å². The van der Waals surface area contributed by atoms with Gasteiger partial charge in [0.05, 0.1) is 16.3 Å². The Labute approximate surface area is 128 Å². The molecule has 0 aromatic heterocycles. The predicted octanol–water partition coefficient (Wildman–Crippen LogP) is 2.79. The first kappa shape index (κ1) is 14.3. The molecule has 1 aliphatic rings. The normalized spacial score (nSPS) is 13.2. The van der Waals surface area contributed by atoms with Crippen molar-refractivity contribution < 1.29 is 13.2 Å². The van der Waals surface area contributed by atoms with Crippen LogP contribution >= 0.6 is 0 Å². The smallest absolute Gasteiger partial charge is 0.323 e. The van der Waals surface area contributed by atoms with Crippen LogP contribution in [0, 0.1) is 0 Å². The average molecular weight is 314 g/mol. The molecule has 0 bridgehead atoms. The van der Waals surface area contributed by atoms with Crippen molar-refractivity contribution in [2.45, 2.75) is 4.90 Å². The number of anilines is 2. The number of benzene rings is 2. The van der Waals surface area contributed by atoms with Gasteiger partial charge in [0.15, 0.2) is 9.84 Å². The molecule has 0 fully saturated rings. The van der Waals surface area contributed by atoms with Crippen molar-refractivity contribution in [2.24, 2.45) is 5.73 Å². The minimum absolute atomic E-state index is 0.144. The number of para-hydroxylation sites is 1. The van der Waals surface area contributed by atoms with E-state index in [4.69, 9.17) is 5.73 Å². The molecule has 0 saturated carbocycles. The van der Waals surface area contributed by atoms with Crippen molar-refractivity contribution in [1.29, 1.82) is 0 Å². The topological polar surface area (TPSA) is 80.5 Å². The quantitative estimate of drug-likeness (QED) is 0.879. The van der Waals surface area contributed by atoms with Gasteiger partial charge < -0.3 is 5.73 Å². The molecule has 22 heavy (non-hydrogen) atoms. The lowest BCUT2D eigenvalue weighted by Crippen LogP contribution is -2.32. The fourth-order valence-corrected chi connectivity index (χ4v) is 3.11. The number of carbonyl (C=O) groups excluding carboxylic acids is 1. The molecule has 1 aliphatic heterocycles. The van der Waals surface area contributed by atoms with Crippen LogP contribution in [-0.2, 0) is 9.84 Å². The molecule has 2 aromatic rings. The molecule has 0 saturated heterocycles. The standard InChI is InChI=1S/C16H14N2O3S/c1-22(20,21)13-9-8-12-7-6-11-4-2-3-5-14(11)18(16(17)19)15(12)10-13/h2-10H,1H3,(H2,17,19). The van der Waals surface area contributed by atoms with Crippen molar-refractivity contribution in [3.63, 3.8) is 0 Å². The summed E-state index contributed by atoms with van der Waals surface area (Å²) in [4.78, 5) is 13.4. The number of hydrogen-bond donors (Lipinski definition) is 1. The third kappa shape index (κ3) is 2.37. The maximum Gasteiger partial charge on any atom is 0.323 e. The molecule has 112 valence electrons. The Morgan fingerprint density at radius 2 is 1.64 bits per heavy atom. The van der Waals surface area contributed by atoms with E-state index < -0.39 is 15.9 Å². The van der Waals surface area contributed by atoms with E-state index in [1.807, 2.05) is 24.3 Å². The molecule has 0 spiro atoms. The number of nitrogens with two attached hydrogens (primary N) is 1. The van der Waals surface area contributed by atoms with Gasteiger partial charge in [-0.1, -0.05) is 36.4 Å². The highest BCUT2D eigenvalue weighted by molar-refractivity contribution is 7.90. The van der Waals surface area contributed by atoms with Gasteiger partial charge in [-0.2, -0.15) is 0 Å². The Kier molecular flexibility index (Phi) is 3.26. The van der Waals surface area contributed by atoms with Crippen LogP contribution in [0.25, 0.3) is 12.2 Å². The van der Waals surface area contributed by atoms with Gasteiger partial charge in [0.2, 0.25) is 0 Å². The van der Waals surface area contributed by atoms with Gasteiger partial charge in [-0.25, -0.2) is 13.2 Å². The van der Waals surface area contributed by atoms with Gasteiger partial charge in [0.25, 0.3) is 0 Å². The Hall–Kier alpha value is -2.60. The van der Waals surface area contributed by atoms with Gasteiger partial charge in [0, 0.05) is 6.26 Å². The van der Waals surface area contributed by atoms with Crippen LogP contribution in [0.5, 0.6) is 0 Å². The third-order valence-electron chi connectivity index (χ3n) is 3.51. The summed E-state index contributed by atoms with van der Waals surface area (Å²) in [6.07, 6.45) is 4.84. The average Bonchev–Trinajstić information content (AvgIpc) is 2.62. The molecule has 2 aromatic carbocycles. The predicted molar refractivity (Wildman–Crippen MR) is 86.6 cm³/mol. The minimum atomic E-state index is -3.38. The van der Waals surface area contributed by atoms with Crippen molar-refractivity contribution in [1.82, 2.24) is 0 Å². The number of hydrogen-bond acceptors (Lipinski definition) is 3. The second kappa shape index (κ2) is 4.99. The summed E-state index contributed by atoms with van der Waals surface area (Å²) in [5.74, 6) is 0. The number of nitrogens with zero attached hydrogens (tertiary/aromatic N) is 1. The van der Waals surface area contributed by atoms with Crippen molar-refractivity contribution in [2.75, 3.05) is 11.2 Å². The van der Waals surface area contributed by atoms with Gasteiger partial charge in [0.1, 0.15) is 0 Å². The first-order chi connectivity index (χ1) is 10.4. The molecule has 3 rings (SSSR count). The van der Waals surface area contributed by atoms with E-state index in [1.54, 1.807) is 18.2 Å². The lowest BCUT2D eigenvalue weighted by atomic mass is 10.1. The number of carbonyl (C=O) groups is 1. The second-order valence-electron chi connectivity index (χ2n) is 5.06. The highest BCUT2D eigenvalue weighted by Gasteiger charge is 2.23. The Morgan fingerprint density at radius 1 is 1.00 bits per heavy atom. The fraction of sp³-hybridized carbons (Fsp3) is 0.0625. The van der Waals surface area contributed by atoms with Crippen LogP contribution in [0.1, 0.15) is 11.1 Å². The molecule has 0 radical (unpaired) electrons. The van der Waals surface area contributed by atoms with E-state index >= 15 is 0 Å². The summed E-state index contributed by atoms with van der Waals surface area (Å²) in [7, 11) is -3.38. The number of fused-ring (bicyclic) bond motifs is 2. The molecular formula is C16H14N2O3S. The van der Waals surface area contributed by atoms with Gasteiger partial charge in [-0.15, -0.1) is 0 Å². The number of rotatable bonds is 1. The fourth-order valence-electron chi connectivity index (χ4n) is 2.47. The van der Waals surface area contributed by atoms with E-state index in [2.05, 4.69) is 0 Å². The van der Waals surface area contributed by atoms with Crippen LogP contribution in [0.4, 0.5) is 16.2 Å². The molecule has 5 nitrogen and oxygen atoms in total. The molecule has 0 atom stereocenters. The zero-order valence-electron chi connectivity index (χ0n) is 11.9. The molecule has 1 heterocycles. The first-order valence-corrected chi connectivity index (χ1v) is 8.48. The lowest BCUT2D eigenvalue weighted by Gasteiger charge is -2.23. The van der Waals surface area contributed by atoms with Gasteiger partial charge in [-0.3, -0.25) is 4.90 Å². The highest BCUT2D eigenvalue weighted by Crippen LogP contribution is 2.37. The lowest BCUT2D eigenvalue weighted by molar-refractivity contribution is 0.256.